The van der Waals surface area contributed by atoms with Gasteiger partial charge in [0.2, 0.25) is 0 Å². The molecule has 7 heteroatoms. The Morgan fingerprint density at radius 1 is 1.20 bits per heavy atom. The maximum absolute atomic E-state index is 13.6. The van der Waals surface area contributed by atoms with E-state index in [2.05, 4.69) is 15.3 Å². The summed E-state index contributed by atoms with van der Waals surface area (Å²) < 4.78 is 38.1. The molecule has 0 aliphatic carbocycles. The summed E-state index contributed by atoms with van der Waals surface area (Å²) in [5, 5.41) is 3.67. The molecule has 1 aliphatic rings. The first-order valence-corrected chi connectivity index (χ1v) is 7.80. The van der Waals surface area contributed by atoms with Gasteiger partial charge in [0.25, 0.3) is 0 Å². The molecule has 2 aromatic carbocycles. The molecule has 0 saturated carbocycles. The van der Waals surface area contributed by atoms with E-state index >= 15 is 0 Å². The van der Waals surface area contributed by atoms with E-state index in [-0.39, 0.29) is 6.04 Å². The number of methoxy groups -OCH3 is 1. The highest BCUT2D eigenvalue weighted by Crippen LogP contribution is 2.35. The molecule has 1 aliphatic heterocycles. The van der Waals surface area contributed by atoms with Crippen LogP contribution in [-0.4, -0.2) is 29.7 Å². The minimum Gasteiger partial charge on any atom is -0.493 e. The topological polar surface area (TPSA) is 56.3 Å². The van der Waals surface area contributed by atoms with E-state index in [0.717, 1.165) is 23.4 Å². The fourth-order valence-corrected chi connectivity index (χ4v) is 3.01. The monoisotopic (exact) mass is 343 g/mol. The molecular formula is C18H15F2N3O2. The molecule has 3 aromatic rings. The summed E-state index contributed by atoms with van der Waals surface area (Å²) in [6.07, 6.45) is 2.02. The average molecular weight is 343 g/mol. The maximum Gasteiger partial charge on any atom is 0.164 e. The SMILES string of the molecule is COc1cccc2c1OCC(Nc1ncnc3cc(F)c(F)cc13)C2. The van der Waals surface area contributed by atoms with E-state index in [9.17, 15) is 8.78 Å². The Bertz CT molecular complexity index is 949. The number of hydrogen-bond acceptors (Lipinski definition) is 5. The van der Waals surface area contributed by atoms with Gasteiger partial charge in [0, 0.05) is 17.0 Å². The van der Waals surface area contributed by atoms with Crippen LogP contribution in [0.25, 0.3) is 10.9 Å². The van der Waals surface area contributed by atoms with Gasteiger partial charge >= 0.3 is 0 Å². The molecule has 0 radical (unpaired) electrons. The summed E-state index contributed by atoms with van der Waals surface area (Å²) in [6, 6.07) is 7.83. The molecule has 2 heterocycles. The second kappa shape index (κ2) is 6.16. The van der Waals surface area contributed by atoms with E-state index < -0.39 is 11.6 Å². The number of fused-ring (bicyclic) bond motifs is 2. The van der Waals surface area contributed by atoms with Crippen LogP contribution in [0.15, 0.2) is 36.7 Å². The normalized spacial score (nSPS) is 16.2. The van der Waals surface area contributed by atoms with Crippen molar-refractivity contribution >= 4 is 16.7 Å². The Labute approximate surface area is 142 Å². The molecule has 0 saturated heterocycles. The summed E-state index contributed by atoms with van der Waals surface area (Å²) in [7, 11) is 1.60. The van der Waals surface area contributed by atoms with Crippen LogP contribution in [-0.2, 0) is 6.42 Å². The van der Waals surface area contributed by atoms with Crippen molar-refractivity contribution in [3.8, 4) is 11.5 Å². The molecule has 5 nitrogen and oxygen atoms in total. The highest BCUT2D eigenvalue weighted by atomic mass is 19.2. The average Bonchev–Trinajstić information content (AvgIpc) is 2.62. The van der Waals surface area contributed by atoms with Crippen LogP contribution in [0.5, 0.6) is 11.5 Å². The van der Waals surface area contributed by atoms with Gasteiger partial charge in [0.15, 0.2) is 23.1 Å². The number of nitrogens with zero attached hydrogens (tertiary/aromatic N) is 2. The van der Waals surface area contributed by atoms with Gasteiger partial charge in [-0.15, -0.1) is 0 Å². The van der Waals surface area contributed by atoms with Crippen molar-refractivity contribution < 1.29 is 18.3 Å². The molecule has 0 spiro atoms. The number of halogens is 2. The number of anilines is 1. The van der Waals surface area contributed by atoms with Crippen molar-refractivity contribution in [1.29, 1.82) is 0 Å². The minimum absolute atomic E-state index is 0.0641. The van der Waals surface area contributed by atoms with E-state index in [1.165, 1.54) is 6.33 Å². The molecule has 128 valence electrons. The lowest BCUT2D eigenvalue weighted by atomic mass is 10.0. The standard InChI is InChI=1S/C18H15F2N3O2/c1-24-16-4-2-3-10-5-11(8-25-17(10)16)23-18-12-6-13(19)14(20)7-15(12)21-9-22-18/h2-4,6-7,9,11H,5,8H2,1H3,(H,21,22,23). The molecule has 25 heavy (non-hydrogen) atoms. The lowest BCUT2D eigenvalue weighted by molar-refractivity contribution is 0.256. The van der Waals surface area contributed by atoms with Gasteiger partial charge in [0.1, 0.15) is 18.8 Å². The zero-order valence-electron chi connectivity index (χ0n) is 13.4. The van der Waals surface area contributed by atoms with Crippen LogP contribution in [0, 0.1) is 11.6 Å². The minimum atomic E-state index is -0.931. The van der Waals surface area contributed by atoms with Gasteiger partial charge in [-0.05, 0) is 18.6 Å². The second-order valence-electron chi connectivity index (χ2n) is 5.81. The molecule has 1 aromatic heterocycles. The molecule has 1 unspecified atom stereocenters. The molecule has 0 bridgehead atoms. The zero-order chi connectivity index (χ0) is 17.4. The smallest absolute Gasteiger partial charge is 0.164 e. The quantitative estimate of drug-likeness (QED) is 0.790. The number of ether oxygens (including phenoxy) is 2. The number of aromatic nitrogens is 2. The predicted molar refractivity (Wildman–Crippen MR) is 89.1 cm³/mol. The number of para-hydroxylation sites is 1. The van der Waals surface area contributed by atoms with Gasteiger partial charge < -0.3 is 14.8 Å². The first-order chi connectivity index (χ1) is 12.2. The number of nitrogens with one attached hydrogen (secondary N) is 1. The van der Waals surface area contributed by atoms with Crippen molar-refractivity contribution in [3.05, 3.63) is 53.9 Å². The third-order valence-electron chi connectivity index (χ3n) is 4.19. The van der Waals surface area contributed by atoms with Gasteiger partial charge in [-0.3, -0.25) is 0 Å². The van der Waals surface area contributed by atoms with E-state index in [0.29, 0.717) is 35.5 Å². The van der Waals surface area contributed by atoms with Crippen LogP contribution in [0.4, 0.5) is 14.6 Å². The lowest BCUT2D eigenvalue weighted by Gasteiger charge is -2.27. The highest BCUT2D eigenvalue weighted by molar-refractivity contribution is 5.89. The first-order valence-electron chi connectivity index (χ1n) is 7.80. The van der Waals surface area contributed by atoms with Crippen LogP contribution in [0.1, 0.15) is 5.56 Å². The Kier molecular flexibility index (Phi) is 3.83. The number of benzene rings is 2. The molecule has 0 amide bonds. The number of hydrogen-bond donors (Lipinski definition) is 1. The summed E-state index contributed by atoms with van der Waals surface area (Å²) >= 11 is 0. The highest BCUT2D eigenvalue weighted by Gasteiger charge is 2.23. The Hall–Kier alpha value is -2.96. The molecule has 1 N–H and O–H groups in total. The van der Waals surface area contributed by atoms with Gasteiger partial charge in [-0.25, -0.2) is 18.7 Å². The molecule has 4 rings (SSSR count). The van der Waals surface area contributed by atoms with Gasteiger partial charge in [-0.2, -0.15) is 0 Å². The summed E-state index contributed by atoms with van der Waals surface area (Å²) in [4.78, 5) is 8.16. The zero-order valence-corrected chi connectivity index (χ0v) is 13.4. The first kappa shape index (κ1) is 15.6. The Morgan fingerprint density at radius 3 is 2.88 bits per heavy atom. The maximum atomic E-state index is 13.6. The Morgan fingerprint density at radius 2 is 2.04 bits per heavy atom. The van der Waals surface area contributed by atoms with Crippen LogP contribution in [0.3, 0.4) is 0 Å². The van der Waals surface area contributed by atoms with Crippen LogP contribution >= 0.6 is 0 Å². The number of rotatable bonds is 3. The second-order valence-corrected chi connectivity index (χ2v) is 5.81. The van der Waals surface area contributed by atoms with Gasteiger partial charge in [0.05, 0.1) is 18.7 Å². The third kappa shape index (κ3) is 2.82. The van der Waals surface area contributed by atoms with E-state index in [1.54, 1.807) is 7.11 Å². The predicted octanol–water partition coefficient (Wildman–Crippen LogP) is 3.33. The van der Waals surface area contributed by atoms with Crippen molar-refractivity contribution in [2.45, 2.75) is 12.5 Å². The van der Waals surface area contributed by atoms with E-state index in [4.69, 9.17) is 9.47 Å². The Balaban J connectivity index is 1.63. The largest absolute Gasteiger partial charge is 0.493 e. The van der Waals surface area contributed by atoms with Crippen LogP contribution in [0.2, 0.25) is 0 Å². The summed E-state index contributed by atoms with van der Waals surface area (Å²) in [5.74, 6) is 0.0213. The fourth-order valence-electron chi connectivity index (χ4n) is 3.01. The van der Waals surface area contributed by atoms with Crippen molar-refractivity contribution in [1.82, 2.24) is 9.97 Å². The van der Waals surface area contributed by atoms with Crippen LogP contribution < -0.4 is 14.8 Å². The fraction of sp³-hybridized carbons (Fsp3) is 0.222. The van der Waals surface area contributed by atoms with Crippen molar-refractivity contribution in [3.63, 3.8) is 0 Å². The molecular weight excluding hydrogens is 328 g/mol. The van der Waals surface area contributed by atoms with Gasteiger partial charge in [-0.1, -0.05) is 12.1 Å². The van der Waals surface area contributed by atoms with Crippen molar-refractivity contribution in [2.75, 3.05) is 19.0 Å². The lowest BCUT2D eigenvalue weighted by Crippen LogP contribution is -2.33. The summed E-state index contributed by atoms with van der Waals surface area (Å²) in [6.45, 7) is 0.405. The summed E-state index contributed by atoms with van der Waals surface area (Å²) in [5.41, 5.74) is 1.36. The molecule has 0 fully saturated rings. The van der Waals surface area contributed by atoms with Crippen molar-refractivity contribution in [2.24, 2.45) is 0 Å². The third-order valence-corrected chi connectivity index (χ3v) is 4.19. The van der Waals surface area contributed by atoms with E-state index in [1.807, 2.05) is 18.2 Å². The molecule has 1 atom stereocenters.